The Morgan fingerprint density at radius 2 is 2.04 bits per heavy atom. The predicted octanol–water partition coefficient (Wildman–Crippen LogP) is 1.11. The lowest BCUT2D eigenvalue weighted by Crippen LogP contribution is -2.37. The summed E-state index contributed by atoms with van der Waals surface area (Å²) in [6, 6.07) is 5.86. The predicted molar refractivity (Wildman–Crippen MR) is 91.2 cm³/mol. The third kappa shape index (κ3) is 3.32. The number of carboxylic acids is 1. The van der Waals surface area contributed by atoms with Gasteiger partial charge in [0, 0.05) is 19.3 Å². The highest BCUT2D eigenvalue weighted by molar-refractivity contribution is 7.90. The standard InChI is InChI=1S/C16H21NO6S2/c1-24(20,21)14-6-2-4-12(8-14)10-25(22,23)17-9-13-5-3-7-16(13,11-17)15(18)19/h2,4,6,8,13H,3,5,7,9-11H2,1H3,(H,18,19)/t13-,16+/m0/s1. The molecule has 1 aromatic carbocycles. The van der Waals surface area contributed by atoms with Gasteiger partial charge >= 0.3 is 5.97 Å². The van der Waals surface area contributed by atoms with E-state index >= 15 is 0 Å². The molecule has 1 N–H and O–H groups in total. The summed E-state index contributed by atoms with van der Waals surface area (Å²) in [5, 5.41) is 9.59. The molecule has 2 atom stereocenters. The molecule has 25 heavy (non-hydrogen) atoms. The molecule has 1 aliphatic heterocycles. The number of carbonyl (C=O) groups is 1. The van der Waals surface area contributed by atoms with Crippen LogP contribution in [0, 0.1) is 11.3 Å². The summed E-state index contributed by atoms with van der Waals surface area (Å²) >= 11 is 0. The van der Waals surface area contributed by atoms with E-state index in [-0.39, 0.29) is 29.7 Å². The van der Waals surface area contributed by atoms with Crippen molar-refractivity contribution in [3.63, 3.8) is 0 Å². The van der Waals surface area contributed by atoms with Gasteiger partial charge in [-0.15, -0.1) is 0 Å². The Kier molecular flexibility index (Phi) is 4.45. The van der Waals surface area contributed by atoms with Crippen LogP contribution in [0.25, 0.3) is 0 Å². The van der Waals surface area contributed by atoms with Gasteiger partial charge < -0.3 is 5.11 Å². The molecule has 0 radical (unpaired) electrons. The number of fused-ring (bicyclic) bond motifs is 1. The van der Waals surface area contributed by atoms with Crippen LogP contribution in [0.2, 0.25) is 0 Å². The van der Waals surface area contributed by atoms with Crippen molar-refractivity contribution < 1.29 is 26.7 Å². The van der Waals surface area contributed by atoms with Crippen molar-refractivity contribution in [2.45, 2.75) is 29.9 Å². The number of hydrogen-bond donors (Lipinski definition) is 1. The Bertz CT molecular complexity index is 908. The van der Waals surface area contributed by atoms with Gasteiger partial charge in [-0.05, 0) is 36.5 Å². The van der Waals surface area contributed by atoms with Crippen molar-refractivity contribution in [1.29, 1.82) is 0 Å². The SMILES string of the molecule is CS(=O)(=O)c1cccc(CS(=O)(=O)N2C[C@@H]3CCC[C@@]3(C(=O)O)C2)c1. The van der Waals surface area contributed by atoms with Gasteiger partial charge in [0.05, 0.1) is 16.1 Å². The molecule has 1 saturated heterocycles. The fourth-order valence-corrected chi connectivity index (χ4v) is 6.28. The van der Waals surface area contributed by atoms with Crippen LogP contribution in [-0.4, -0.2) is 51.6 Å². The van der Waals surface area contributed by atoms with Crippen LogP contribution in [0.3, 0.4) is 0 Å². The van der Waals surface area contributed by atoms with Crippen molar-refractivity contribution in [1.82, 2.24) is 4.31 Å². The molecule has 7 nitrogen and oxygen atoms in total. The van der Waals surface area contributed by atoms with Gasteiger partial charge in [0.1, 0.15) is 0 Å². The summed E-state index contributed by atoms with van der Waals surface area (Å²) in [5.74, 6) is -1.41. The van der Waals surface area contributed by atoms with E-state index in [1.807, 2.05) is 0 Å². The molecule has 3 rings (SSSR count). The lowest BCUT2D eigenvalue weighted by molar-refractivity contribution is -0.149. The highest BCUT2D eigenvalue weighted by atomic mass is 32.2. The lowest BCUT2D eigenvalue weighted by Gasteiger charge is -2.23. The van der Waals surface area contributed by atoms with E-state index in [1.54, 1.807) is 6.07 Å². The third-order valence-electron chi connectivity index (χ3n) is 5.33. The Hall–Kier alpha value is -1.45. The van der Waals surface area contributed by atoms with Gasteiger partial charge in [-0.2, -0.15) is 0 Å². The molecule has 0 aromatic heterocycles. The molecule has 1 aliphatic carbocycles. The fourth-order valence-electron chi connectivity index (χ4n) is 3.97. The molecule has 1 aromatic rings. The first-order valence-electron chi connectivity index (χ1n) is 8.05. The molecule has 1 saturated carbocycles. The number of sulfone groups is 1. The van der Waals surface area contributed by atoms with Crippen LogP contribution < -0.4 is 0 Å². The third-order valence-corrected chi connectivity index (χ3v) is 8.21. The average molecular weight is 387 g/mol. The summed E-state index contributed by atoms with van der Waals surface area (Å²) in [7, 11) is -7.13. The smallest absolute Gasteiger partial charge is 0.311 e. The molecule has 0 unspecified atom stereocenters. The zero-order valence-electron chi connectivity index (χ0n) is 13.9. The van der Waals surface area contributed by atoms with E-state index in [0.29, 0.717) is 12.0 Å². The van der Waals surface area contributed by atoms with Gasteiger partial charge in [0.15, 0.2) is 9.84 Å². The van der Waals surface area contributed by atoms with Crippen LogP contribution >= 0.6 is 0 Å². The van der Waals surface area contributed by atoms with E-state index in [9.17, 15) is 26.7 Å². The molecule has 9 heteroatoms. The number of benzene rings is 1. The van der Waals surface area contributed by atoms with E-state index in [4.69, 9.17) is 0 Å². The minimum absolute atomic E-state index is 0.00109. The highest BCUT2D eigenvalue weighted by Gasteiger charge is 2.56. The van der Waals surface area contributed by atoms with Crippen LogP contribution in [-0.2, 0) is 30.4 Å². The van der Waals surface area contributed by atoms with Crippen LogP contribution in [0.1, 0.15) is 24.8 Å². The van der Waals surface area contributed by atoms with Gasteiger partial charge in [0.25, 0.3) is 0 Å². The number of hydrogen-bond acceptors (Lipinski definition) is 5. The zero-order chi connectivity index (χ0) is 18.5. The van der Waals surface area contributed by atoms with E-state index in [2.05, 4.69) is 0 Å². The zero-order valence-corrected chi connectivity index (χ0v) is 15.5. The largest absolute Gasteiger partial charge is 0.481 e. The Labute approximate surface area is 147 Å². The van der Waals surface area contributed by atoms with Crippen molar-refractivity contribution in [3.05, 3.63) is 29.8 Å². The molecule has 2 fully saturated rings. The molecule has 0 bridgehead atoms. The number of nitrogens with zero attached hydrogens (tertiary/aromatic N) is 1. The fraction of sp³-hybridized carbons (Fsp3) is 0.562. The first-order valence-corrected chi connectivity index (χ1v) is 11.5. The van der Waals surface area contributed by atoms with Gasteiger partial charge in [-0.25, -0.2) is 21.1 Å². The summed E-state index contributed by atoms with van der Waals surface area (Å²) < 4.78 is 50.0. The monoisotopic (exact) mass is 387 g/mol. The second-order valence-corrected chi connectivity index (χ2v) is 11.0. The average Bonchev–Trinajstić information content (AvgIpc) is 3.04. The molecule has 138 valence electrons. The molecular weight excluding hydrogens is 366 g/mol. The summed E-state index contributed by atoms with van der Waals surface area (Å²) in [6.07, 6.45) is 3.10. The summed E-state index contributed by atoms with van der Waals surface area (Å²) in [6.45, 7) is 0.224. The topological polar surface area (TPSA) is 109 Å². The minimum Gasteiger partial charge on any atom is -0.481 e. The second kappa shape index (κ2) is 6.07. The first-order chi connectivity index (χ1) is 11.5. The maximum Gasteiger partial charge on any atom is 0.311 e. The maximum atomic E-state index is 12.7. The van der Waals surface area contributed by atoms with Gasteiger partial charge in [-0.3, -0.25) is 4.79 Å². The molecule has 0 spiro atoms. The second-order valence-electron chi connectivity index (χ2n) is 7.02. The molecular formula is C16H21NO6S2. The number of rotatable bonds is 5. The van der Waals surface area contributed by atoms with E-state index in [1.165, 1.54) is 22.5 Å². The molecule has 1 heterocycles. The molecule has 2 aliphatic rings. The number of sulfonamides is 1. The van der Waals surface area contributed by atoms with Crippen LogP contribution in [0.4, 0.5) is 0 Å². The Balaban J connectivity index is 1.83. The van der Waals surface area contributed by atoms with E-state index < -0.39 is 31.2 Å². The quantitative estimate of drug-likeness (QED) is 0.811. The van der Waals surface area contributed by atoms with Crippen molar-refractivity contribution in [2.75, 3.05) is 19.3 Å². The normalized spacial score (nSPS) is 27.3. The van der Waals surface area contributed by atoms with Crippen molar-refractivity contribution in [2.24, 2.45) is 11.3 Å². The van der Waals surface area contributed by atoms with Crippen molar-refractivity contribution >= 4 is 25.8 Å². The van der Waals surface area contributed by atoms with Crippen molar-refractivity contribution in [3.8, 4) is 0 Å². The minimum atomic E-state index is -3.71. The molecule has 0 amide bonds. The van der Waals surface area contributed by atoms with Crippen LogP contribution in [0.15, 0.2) is 29.2 Å². The lowest BCUT2D eigenvalue weighted by atomic mass is 9.81. The summed E-state index contributed by atoms with van der Waals surface area (Å²) in [4.78, 5) is 11.8. The number of carboxylic acid groups (broad SMARTS) is 1. The Morgan fingerprint density at radius 1 is 1.32 bits per heavy atom. The van der Waals surface area contributed by atoms with E-state index in [0.717, 1.165) is 19.1 Å². The van der Waals surface area contributed by atoms with Crippen LogP contribution in [0.5, 0.6) is 0 Å². The number of aliphatic carboxylic acids is 1. The maximum absolute atomic E-state index is 12.7. The highest BCUT2D eigenvalue weighted by Crippen LogP contribution is 2.49. The van der Waals surface area contributed by atoms with Gasteiger partial charge in [-0.1, -0.05) is 18.6 Å². The van der Waals surface area contributed by atoms with Gasteiger partial charge in [0.2, 0.25) is 10.0 Å². The Morgan fingerprint density at radius 3 is 2.64 bits per heavy atom. The summed E-state index contributed by atoms with van der Waals surface area (Å²) in [5.41, 5.74) is -0.592. The first kappa shape index (κ1) is 18.3.